The number of rotatable bonds is 3. The summed E-state index contributed by atoms with van der Waals surface area (Å²) in [7, 11) is 0. The van der Waals surface area contributed by atoms with Crippen LogP contribution >= 0.6 is 0 Å². The van der Waals surface area contributed by atoms with Crippen LogP contribution in [-0.2, 0) is 0 Å². The molecule has 0 saturated heterocycles. The molecule has 0 saturated carbocycles. The average molecular weight is 333 g/mol. The molecule has 0 radical (unpaired) electrons. The number of nitrogens with zero attached hydrogens (tertiary/aromatic N) is 3. The van der Waals surface area contributed by atoms with E-state index in [4.69, 9.17) is 4.98 Å². The summed E-state index contributed by atoms with van der Waals surface area (Å²) in [6.45, 7) is 0. The van der Waals surface area contributed by atoms with Gasteiger partial charge >= 0.3 is 0 Å². The van der Waals surface area contributed by atoms with E-state index in [9.17, 15) is 5.26 Å². The van der Waals surface area contributed by atoms with Gasteiger partial charge in [0.1, 0.15) is 6.07 Å². The van der Waals surface area contributed by atoms with Gasteiger partial charge in [-0.3, -0.25) is 4.98 Å². The van der Waals surface area contributed by atoms with E-state index in [2.05, 4.69) is 11.1 Å². The Hall–Kier alpha value is -3.77. The van der Waals surface area contributed by atoms with Crippen molar-refractivity contribution in [1.82, 2.24) is 9.97 Å². The molecular weight excluding hydrogens is 318 g/mol. The van der Waals surface area contributed by atoms with E-state index in [0.29, 0.717) is 11.3 Å². The molecule has 26 heavy (non-hydrogen) atoms. The second kappa shape index (κ2) is 7.00. The summed E-state index contributed by atoms with van der Waals surface area (Å²) >= 11 is 0. The lowest BCUT2D eigenvalue weighted by atomic mass is 9.95. The highest BCUT2D eigenvalue weighted by Gasteiger charge is 2.16. The lowest BCUT2D eigenvalue weighted by molar-refractivity contribution is 1.24. The third kappa shape index (κ3) is 2.97. The molecule has 2 aromatic heterocycles. The van der Waals surface area contributed by atoms with Crippen molar-refractivity contribution in [3.63, 3.8) is 0 Å². The van der Waals surface area contributed by atoms with Gasteiger partial charge in [0, 0.05) is 17.3 Å². The Balaban J connectivity index is 2.03. The summed E-state index contributed by atoms with van der Waals surface area (Å²) in [5.74, 6) is 0. The first-order valence-corrected chi connectivity index (χ1v) is 8.34. The van der Waals surface area contributed by atoms with Crippen molar-refractivity contribution in [1.29, 1.82) is 5.26 Å². The molecule has 3 nitrogen and oxygen atoms in total. The molecule has 4 rings (SSSR count). The van der Waals surface area contributed by atoms with Crippen molar-refractivity contribution >= 4 is 0 Å². The first-order valence-electron chi connectivity index (χ1n) is 8.34. The molecule has 0 amide bonds. The van der Waals surface area contributed by atoms with Gasteiger partial charge in [0.05, 0.1) is 22.6 Å². The summed E-state index contributed by atoms with van der Waals surface area (Å²) in [5, 5.41) is 9.88. The first-order chi connectivity index (χ1) is 12.9. The fourth-order valence-corrected chi connectivity index (χ4v) is 2.95. The normalized spacial score (nSPS) is 10.3. The molecule has 0 aliphatic rings. The van der Waals surface area contributed by atoms with Gasteiger partial charge in [-0.1, -0.05) is 66.7 Å². The van der Waals surface area contributed by atoms with Crippen molar-refractivity contribution in [2.24, 2.45) is 0 Å². The van der Waals surface area contributed by atoms with Gasteiger partial charge in [-0.25, -0.2) is 4.98 Å². The maximum Gasteiger partial charge on any atom is 0.102 e. The number of pyridine rings is 2. The van der Waals surface area contributed by atoms with E-state index in [1.807, 2.05) is 84.9 Å². The van der Waals surface area contributed by atoms with Crippen LogP contribution in [0.2, 0.25) is 0 Å². The summed E-state index contributed by atoms with van der Waals surface area (Å²) < 4.78 is 0. The summed E-state index contributed by atoms with van der Waals surface area (Å²) in [5.41, 5.74) is 5.55. The number of hydrogen-bond acceptors (Lipinski definition) is 3. The molecule has 0 bridgehead atoms. The molecule has 122 valence electrons. The molecule has 4 aromatic rings. The van der Waals surface area contributed by atoms with Crippen LogP contribution in [0.3, 0.4) is 0 Å². The smallest absolute Gasteiger partial charge is 0.102 e. The van der Waals surface area contributed by atoms with Crippen molar-refractivity contribution < 1.29 is 0 Å². The Morgan fingerprint density at radius 3 is 1.96 bits per heavy atom. The molecule has 2 heterocycles. The summed E-state index contributed by atoms with van der Waals surface area (Å²) in [4.78, 5) is 9.21. The largest absolute Gasteiger partial charge is 0.255 e. The molecule has 0 unspecified atom stereocenters. The predicted molar refractivity (Wildman–Crippen MR) is 103 cm³/mol. The molecular formula is C23H15N3. The average Bonchev–Trinajstić information content (AvgIpc) is 2.74. The van der Waals surface area contributed by atoms with Gasteiger partial charge in [-0.15, -0.1) is 0 Å². The second-order valence-electron chi connectivity index (χ2n) is 5.84. The molecule has 3 heteroatoms. The molecule has 0 aliphatic heterocycles. The number of aromatic nitrogens is 2. The maximum atomic E-state index is 9.88. The highest BCUT2D eigenvalue weighted by atomic mass is 14.8. The molecule has 0 atom stereocenters. The Bertz CT molecular complexity index is 1010. The zero-order valence-corrected chi connectivity index (χ0v) is 14.0. The fraction of sp³-hybridized carbons (Fsp3) is 0. The van der Waals surface area contributed by atoms with Crippen molar-refractivity contribution in [2.45, 2.75) is 0 Å². The molecule has 0 N–H and O–H groups in total. The zero-order chi connectivity index (χ0) is 17.8. The number of benzene rings is 2. The standard InChI is InChI=1S/C23H15N3/c24-16-20-19(17-9-3-1-4-10-17)15-22(21-13-7-8-14-25-21)26-23(20)18-11-5-2-6-12-18/h1-15H. The van der Waals surface area contributed by atoms with E-state index in [1.54, 1.807) is 6.20 Å². The van der Waals surface area contributed by atoms with E-state index >= 15 is 0 Å². The molecule has 0 aliphatic carbocycles. The lowest BCUT2D eigenvalue weighted by Gasteiger charge is -2.12. The minimum absolute atomic E-state index is 0.571. The summed E-state index contributed by atoms with van der Waals surface area (Å²) in [6.07, 6.45) is 1.75. The molecule has 2 aromatic carbocycles. The van der Waals surface area contributed by atoms with Gasteiger partial charge in [0.15, 0.2) is 0 Å². The van der Waals surface area contributed by atoms with E-state index in [1.165, 1.54) is 0 Å². The molecule has 0 fully saturated rings. The Morgan fingerprint density at radius 1 is 0.692 bits per heavy atom. The van der Waals surface area contributed by atoms with Crippen molar-refractivity contribution in [2.75, 3.05) is 0 Å². The van der Waals surface area contributed by atoms with Gasteiger partial charge in [-0.05, 0) is 23.8 Å². The highest BCUT2D eigenvalue weighted by Crippen LogP contribution is 2.33. The third-order valence-electron chi connectivity index (χ3n) is 4.19. The van der Waals surface area contributed by atoms with Crippen LogP contribution in [0, 0.1) is 11.3 Å². The minimum atomic E-state index is 0.571. The third-order valence-corrected chi connectivity index (χ3v) is 4.19. The van der Waals surface area contributed by atoms with Gasteiger partial charge in [0.2, 0.25) is 0 Å². The van der Waals surface area contributed by atoms with Gasteiger partial charge in [-0.2, -0.15) is 5.26 Å². The lowest BCUT2D eigenvalue weighted by Crippen LogP contribution is -1.97. The van der Waals surface area contributed by atoms with Crippen LogP contribution in [0.15, 0.2) is 91.1 Å². The van der Waals surface area contributed by atoms with Crippen LogP contribution in [0.1, 0.15) is 5.56 Å². The SMILES string of the molecule is N#Cc1c(-c2ccccc2)cc(-c2ccccn2)nc1-c1ccccc1. The van der Waals surface area contributed by atoms with Gasteiger partial charge < -0.3 is 0 Å². The molecule has 0 spiro atoms. The monoisotopic (exact) mass is 333 g/mol. The quantitative estimate of drug-likeness (QED) is 0.508. The van der Waals surface area contributed by atoms with E-state index < -0.39 is 0 Å². The van der Waals surface area contributed by atoms with Crippen molar-refractivity contribution in [3.05, 3.63) is 96.7 Å². The number of hydrogen-bond donors (Lipinski definition) is 0. The Morgan fingerprint density at radius 2 is 1.35 bits per heavy atom. The van der Waals surface area contributed by atoms with Crippen LogP contribution in [0.5, 0.6) is 0 Å². The number of nitriles is 1. The van der Waals surface area contributed by atoms with Crippen LogP contribution in [-0.4, -0.2) is 9.97 Å². The van der Waals surface area contributed by atoms with E-state index in [-0.39, 0.29) is 0 Å². The maximum absolute atomic E-state index is 9.88. The fourth-order valence-electron chi connectivity index (χ4n) is 2.95. The Kier molecular flexibility index (Phi) is 4.24. The topological polar surface area (TPSA) is 49.6 Å². The summed E-state index contributed by atoms with van der Waals surface area (Å²) in [6, 6.07) is 29.8. The second-order valence-corrected chi connectivity index (χ2v) is 5.84. The van der Waals surface area contributed by atoms with E-state index in [0.717, 1.165) is 28.1 Å². The van der Waals surface area contributed by atoms with Crippen LogP contribution in [0.4, 0.5) is 0 Å². The van der Waals surface area contributed by atoms with Crippen molar-refractivity contribution in [3.8, 4) is 39.8 Å². The zero-order valence-electron chi connectivity index (χ0n) is 14.0. The van der Waals surface area contributed by atoms with Crippen LogP contribution in [0.25, 0.3) is 33.8 Å². The van der Waals surface area contributed by atoms with Crippen LogP contribution < -0.4 is 0 Å². The van der Waals surface area contributed by atoms with Gasteiger partial charge in [0.25, 0.3) is 0 Å². The Labute approximate surface area is 152 Å². The first kappa shape index (κ1) is 15.7. The minimum Gasteiger partial charge on any atom is -0.255 e. The predicted octanol–water partition coefficient (Wildman–Crippen LogP) is 5.35. The highest BCUT2D eigenvalue weighted by molar-refractivity contribution is 5.83.